The van der Waals surface area contributed by atoms with Crippen LogP contribution in [0, 0.1) is 11.8 Å². The quantitative estimate of drug-likeness (QED) is 0.940. The van der Waals surface area contributed by atoms with Crippen molar-refractivity contribution in [3.8, 4) is 5.69 Å². The number of halogens is 1. The van der Waals surface area contributed by atoms with Crippen LogP contribution in [0.1, 0.15) is 25.0 Å². The van der Waals surface area contributed by atoms with Gasteiger partial charge in [0.15, 0.2) is 0 Å². The molecule has 1 saturated heterocycles. The fourth-order valence-electron chi connectivity index (χ4n) is 4.22. The predicted octanol–water partition coefficient (Wildman–Crippen LogP) is 2.85. The lowest BCUT2D eigenvalue weighted by atomic mass is 9.78. The zero-order chi connectivity index (χ0) is 14.9. The van der Waals surface area contributed by atoms with E-state index in [1.807, 2.05) is 12.3 Å². The molecule has 3 atom stereocenters. The Hall–Kier alpha value is -1.36. The van der Waals surface area contributed by atoms with Crippen LogP contribution in [-0.2, 0) is 6.54 Å². The van der Waals surface area contributed by atoms with E-state index in [1.54, 1.807) is 0 Å². The minimum absolute atomic E-state index is 0. The van der Waals surface area contributed by atoms with E-state index in [-0.39, 0.29) is 12.4 Å². The second-order valence-corrected chi connectivity index (χ2v) is 6.78. The summed E-state index contributed by atoms with van der Waals surface area (Å²) in [5.41, 5.74) is 8.73. The van der Waals surface area contributed by atoms with Crippen LogP contribution in [0.2, 0.25) is 0 Å². The van der Waals surface area contributed by atoms with Gasteiger partial charge in [-0.3, -0.25) is 4.90 Å². The SMILES string of the molecule is Cl.NC1CCCC2CN(Cc3ccnn3-c3ccccc3)CC12. The van der Waals surface area contributed by atoms with Crippen LogP contribution < -0.4 is 5.73 Å². The number of hydrogen-bond donors (Lipinski definition) is 1. The summed E-state index contributed by atoms with van der Waals surface area (Å²) in [6.07, 6.45) is 5.76. The van der Waals surface area contributed by atoms with Gasteiger partial charge in [-0.2, -0.15) is 5.10 Å². The molecule has 5 heteroatoms. The minimum Gasteiger partial charge on any atom is -0.327 e. The first-order valence-corrected chi connectivity index (χ1v) is 8.37. The van der Waals surface area contributed by atoms with Crippen LogP contribution in [0.4, 0.5) is 0 Å². The van der Waals surface area contributed by atoms with Crippen LogP contribution in [0.3, 0.4) is 0 Å². The second-order valence-electron chi connectivity index (χ2n) is 6.78. The number of para-hydroxylation sites is 1. The molecular formula is C18H25ClN4. The molecule has 2 heterocycles. The molecule has 124 valence electrons. The van der Waals surface area contributed by atoms with Crippen LogP contribution in [0.5, 0.6) is 0 Å². The van der Waals surface area contributed by atoms with Crippen molar-refractivity contribution in [2.45, 2.75) is 31.8 Å². The number of rotatable bonds is 3. The molecule has 1 aliphatic heterocycles. The Morgan fingerprint density at radius 3 is 2.70 bits per heavy atom. The van der Waals surface area contributed by atoms with Gasteiger partial charge in [-0.25, -0.2) is 4.68 Å². The molecule has 1 aromatic heterocycles. The van der Waals surface area contributed by atoms with Crippen molar-refractivity contribution >= 4 is 12.4 Å². The van der Waals surface area contributed by atoms with Crippen LogP contribution in [0.25, 0.3) is 5.69 Å². The molecule has 0 spiro atoms. The highest BCUT2D eigenvalue weighted by Gasteiger charge is 2.38. The van der Waals surface area contributed by atoms with Gasteiger partial charge in [0.1, 0.15) is 0 Å². The molecule has 2 aromatic rings. The van der Waals surface area contributed by atoms with Crippen molar-refractivity contribution in [2.24, 2.45) is 17.6 Å². The van der Waals surface area contributed by atoms with Gasteiger partial charge >= 0.3 is 0 Å². The van der Waals surface area contributed by atoms with E-state index in [9.17, 15) is 0 Å². The highest BCUT2D eigenvalue weighted by molar-refractivity contribution is 5.85. The number of aromatic nitrogens is 2. The van der Waals surface area contributed by atoms with Gasteiger partial charge in [-0.15, -0.1) is 12.4 Å². The van der Waals surface area contributed by atoms with E-state index in [2.05, 4.69) is 45.0 Å². The summed E-state index contributed by atoms with van der Waals surface area (Å²) in [7, 11) is 0. The Bertz CT molecular complexity index is 627. The van der Waals surface area contributed by atoms with Crippen molar-refractivity contribution in [3.63, 3.8) is 0 Å². The third-order valence-corrected chi connectivity index (χ3v) is 5.34. The highest BCUT2D eigenvalue weighted by atomic mass is 35.5. The summed E-state index contributed by atoms with van der Waals surface area (Å²) >= 11 is 0. The molecule has 2 aliphatic rings. The number of nitrogens with zero attached hydrogens (tertiary/aromatic N) is 3. The first kappa shape index (κ1) is 16.5. The lowest BCUT2D eigenvalue weighted by molar-refractivity contribution is 0.259. The van der Waals surface area contributed by atoms with Gasteiger partial charge in [0, 0.05) is 31.9 Å². The maximum Gasteiger partial charge on any atom is 0.0649 e. The summed E-state index contributed by atoms with van der Waals surface area (Å²) in [6.45, 7) is 3.30. The zero-order valence-corrected chi connectivity index (χ0v) is 14.2. The molecule has 1 saturated carbocycles. The van der Waals surface area contributed by atoms with Crippen LogP contribution in [0.15, 0.2) is 42.6 Å². The normalized spacial score (nSPS) is 27.4. The average molecular weight is 333 g/mol. The summed E-state index contributed by atoms with van der Waals surface area (Å²) in [5.74, 6) is 1.50. The second kappa shape index (κ2) is 7.04. The lowest BCUT2D eigenvalue weighted by Crippen LogP contribution is -2.38. The van der Waals surface area contributed by atoms with Crippen LogP contribution in [-0.4, -0.2) is 33.8 Å². The van der Waals surface area contributed by atoms with E-state index in [1.165, 1.54) is 31.5 Å². The Kier molecular flexibility index (Phi) is 5.05. The van der Waals surface area contributed by atoms with Crippen molar-refractivity contribution in [1.29, 1.82) is 0 Å². The van der Waals surface area contributed by atoms with Gasteiger partial charge < -0.3 is 5.73 Å². The Balaban J connectivity index is 0.00000156. The van der Waals surface area contributed by atoms with Gasteiger partial charge in [-0.05, 0) is 42.9 Å². The third kappa shape index (κ3) is 3.30. The maximum absolute atomic E-state index is 6.33. The van der Waals surface area contributed by atoms with E-state index in [0.29, 0.717) is 12.0 Å². The molecular weight excluding hydrogens is 308 g/mol. The van der Waals surface area contributed by atoms with E-state index in [0.717, 1.165) is 24.7 Å². The number of likely N-dealkylation sites (tertiary alicyclic amines) is 1. The molecule has 1 aromatic carbocycles. The van der Waals surface area contributed by atoms with Gasteiger partial charge in [0.05, 0.1) is 11.4 Å². The topological polar surface area (TPSA) is 47.1 Å². The summed E-state index contributed by atoms with van der Waals surface area (Å²) in [5, 5.41) is 4.50. The first-order valence-electron chi connectivity index (χ1n) is 8.37. The Morgan fingerprint density at radius 1 is 1.09 bits per heavy atom. The smallest absolute Gasteiger partial charge is 0.0649 e. The number of hydrogen-bond acceptors (Lipinski definition) is 3. The standard InChI is InChI=1S/C18H24N4.ClH/c19-18-8-4-5-14-11-21(13-17(14)18)12-16-9-10-20-22(16)15-6-2-1-3-7-15;/h1-3,6-7,9-10,14,17-18H,4-5,8,11-13,19H2;1H. The summed E-state index contributed by atoms with van der Waals surface area (Å²) in [4.78, 5) is 2.57. The van der Waals surface area contributed by atoms with Crippen molar-refractivity contribution in [1.82, 2.24) is 14.7 Å². The zero-order valence-electron chi connectivity index (χ0n) is 13.3. The third-order valence-electron chi connectivity index (χ3n) is 5.34. The molecule has 4 rings (SSSR count). The maximum atomic E-state index is 6.33. The van der Waals surface area contributed by atoms with Crippen molar-refractivity contribution in [2.75, 3.05) is 13.1 Å². The largest absolute Gasteiger partial charge is 0.327 e. The number of nitrogens with two attached hydrogens (primary N) is 1. The van der Waals surface area contributed by atoms with E-state index in [4.69, 9.17) is 5.73 Å². The van der Waals surface area contributed by atoms with Crippen molar-refractivity contribution < 1.29 is 0 Å². The van der Waals surface area contributed by atoms with Gasteiger partial charge in [0.2, 0.25) is 0 Å². The van der Waals surface area contributed by atoms with Crippen LogP contribution >= 0.6 is 12.4 Å². The molecule has 0 radical (unpaired) electrons. The monoisotopic (exact) mass is 332 g/mol. The van der Waals surface area contributed by atoms with E-state index >= 15 is 0 Å². The average Bonchev–Trinajstić information content (AvgIpc) is 3.16. The molecule has 2 fully saturated rings. The number of fused-ring (bicyclic) bond motifs is 1. The molecule has 1 aliphatic carbocycles. The molecule has 3 unspecified atom stereocenters. The Labute approximate surface area is 144 Å². The van der Waals surface area contributed by atoms with E-state index < -0.39 is 0 Å². The number of benzene rings is 1. The molecule has 4 nitrogen and oxygen atoms in total. The molecule has 23 heavy (non-hydrogen) atoms. The first-order chi connectivity index (χ1) is 10.8. The molecule has 0 bridgehead atoms. The lowest BCUT2D eigenvalue weighted by Gasteiger charge is -2.29. The highest BCUT2D eigenvalue weighted by Crippen LogP contribution is 2.36. The minimum atomic E-state index is 0. The van der Waals surface area contributed by atoms with Gasteiger partial charge in [0.25, 0.3) is 0 Å². The fraction of sp³-hybridized carbons (Fsp3) is 0.500. The molecule has 0 amide bonds. The Morgan fingerprint density at radius 2 is 1.91 bits per heavy atom. The van der Waals surface area contributed by atoms with Gasteiger partial charge in [-0.1, -0.05) is 24.6 Å². The summed E-state index contributed by atoms with van der Waals surface area (Å²) < 4.78 is 2.06. The summed E-state index contributed by atoms with van der Waals surface area (Å²) in [6, 6.07) is 12.9. The predicted molar refractivity (Wildman–Crippen MR) is 94.9 cm³/mol. The molecule has 2 N–H and O–H groups in total. The fourth-order valence-corrected chi connectivity index (χ4v) is 4.22. The van der Waals surface area contributed by atoms with Crippen molar-refractivity contribution in [3.05, 3.63) is 48.3 Å².